The summed E-state index contributed by atoms with van der Waals surface area (Å²) in [6.45, 7) is 0.364. The molecule has 26 heavy (non-hydrogen) atoms. The minimum atomic E-state index is 0.364. The third kappa shape index (κ3) is 3.83. The van der Waals surface area contributed by atoms with Crippen LogP contribution < -0.4 is 19.5 Å². The third-order valence-electron chi connectivity index (χ3n) is 3.69. The van der Waals surface area contributed by atoms with Crippen molar-refractivity contribution in [1.82, 2.24) is 10.2 Å². The number of ether oxygens (including phenoxy) is 3. The van der Waals surface area contributed by atoms with Crippen LogP contribution in [0.3, 0.4) is 0 Å². The Morgan fingerprint density at radius 1 is 0.923 bits per heavy atom. The lowest BCUT2D eigenvalue weighted by molar-refractivity contribution is 0.355. The average molecular weight is 376 g/mol. The topological polar surface area (TPSA) is 78.6 Å². The highest BCUT2D eigenvalue weighted by atomic mass is 35.5. The molecule has 3 rings (SSSR count). The van der Waals surface area contributed by atoms with Crippen LogP contribution in [-0.2, 0) is 6.54 Å². The van der Waals surface area contributed by atoms with E-state index in [-0.39, 0.29) is 0 Å². The van der Waals surface area contributed by atoms with Gasteiger partial charge in [0.2, 0.25) is 11.8 Å². The molecule has 0 aliphatic rings. The summed E-state index contributed by atoms with van der Waals surface area (Å²) in [6, 6.07) is 10.8. The predicted molar refractivity (Wildman–Crippen MR) is 98.2 cm³/mol. The molecule has 0 aliphatic carbocycles. The van der Waals surface area contributed by atoms with E-state index >= 15 is 0 Å². The molecule has 8 heteroatoms. The van der Waals surface area contributed by atoms with Gasteiger partial charge in [0.15, 0.2) is 11.5 Å². The maximum absolute atomic E-state index is 6.11. The SMILES string of the molecule is COc1ccc(NCc2nnc(-c3ccc(OC)c(OC)c3)o2)cc1Cl. The maximum atomic E-state index is 6.11. The Bertz CT molecular complexity index is 898. The van der Waals surface area contributed by atoms with Crippen LogP contribution in [0.15, 0.2) is 40.8 Å². The zero-order valence-electron chi connectivity index (χ0n) is 14.6. The van der Waals surface area contributed by atoms with Crippen LogP contribution in [0, 0.1) is 0 Å². The van der Waals surface area contributed by atoms with E-state index in [1.807, 2.05) is 12.1 Å². The number of rotatable bonds is 7. The lowest BCUT2D eigenvalue weighted by atomic mass is 10.2. The van der Waals surface area contributed by atoms with Gasteiger partial charge in [-0.25, -0.2) is 0 Å². The molecule has 0 spiro atoms. The monoisotopic (exact) mass is 375 g/mol. The smallest absolute Gasteiger partial charge is 0.247 e. The molecule has 0 unspecified atom stereocenters. The van der Waals surface area contributed by atoms with Gasteiger partial charge in [-0.05, 0) is 36.4 Å². The molecule has 0 amide bonds. The summed E-state index contributed by atoms with van der Waals surface area (Å²) in [5.74, 6) is 2.69. The molecule has 136 valence electrons. The predicted octanol–water partition coefficient (Wildman–Crippen LogP) is 4.03. The highest BCUT2D eigenvalue weighted by Gasteiger charge is 2.12. The fourth-order valence-corrected chi connectivity index (χ4v) is 2.62. The zero-order chi connectivity index (χ0) is 18.5. The first-order valence-corrected chi connectivity index (χ1v) is 8.14. The molecular formula is C18H18ClN3O4. The van der Waals surface area contributed by atoms with Crippen molar-refractivity contribution in [3.05, 3.63) is 47.3 Å². The quantitative estimate of drug-likeness (QED) is 0.667. The summed E-state index contributed by atoms with van der Waals surface area (Å²) >= 11 is 6.11. The van der Waals surface area contributed by atoms with E-state index in [9.17, 15) is 0 Å². The van der Waals surface area contributed by atoms with Crippen LogP contribution in [0.4, 0.5) is 5.69 Å². The molecule has 0 bridgehead atoms. The van der Waals surface area contributed by atoms with Gasteiger partial charge >= 0.3 is 0 Å². The van der Waals surface area contributed by atoms with Crippen molar-refractivity contribution in [2.24, 2.45) is 0 Å². The lowest BCUT2D eigenvalue weighted by Crippen LogP contribution is -1.99. The molecule has 1 heterocycles. The fourth-order valence-electron chi connectivity index (χ4n) is 2.36. The van der Waals surface area contributed by atoms with E-state index in [0.717, 1.165) is 11.3 Å². The summed E-state index contributed by atoms with van der Waals surface area (Å²) in [5, 5.41) is 11.8. The van der Waals surface area contributed by atoms with Crippen LogP contribution >= 0.6 is 11.6 Å². The zero-order valence-corrected chi connectivity index (χ0v) is 15.3. The van der Waals surface area contributed by atoms with Crippen molar-refractivity contribution >= 4 is 17.3 Å². The molecule has 0 radical (unpaired) electrons. The van der Waals surface area contributed by atoms with Gasteiger partial charge < -0.3 is 23.9 Å². The third-order valence-corrected chi connectivity index (χ3v) is 3.99. The molecule has 7 nitrogen and oxygen atoms in total. The number of halogens is 1. The van der Waals surface area contributed by atoms with Gasteiger partial charge in [0, 0.05) is 11.3 Å². The summed E-state index contributed by atoms with van der Waals surface area (Å²) in [6.07, 6.45) is 0. The number of hydrogen-bond donors (Lipinski definition) is 1. The number of nitrogens with zero attached hydrogens (tertiary/aromatic N) is 2. The largest absolute Gasteiger partial charge is 0.495 e. The lowest BCUT2D eigenvalue weighted by Gasteiger charge is -2.08. The summed E-state index contributed by atoms with van der Waals surface area (Å²) < 4.78 is 21.3. The Balaban J connectivity index is 1.71. The number of hydrogen-bond acceptors (Lipinski definition) is 7. The van der Waals surface area contributed by atoms with Crippen molar-refractivity contribution in [3.8, 4) is 28.7 Å². The summed E-state index contributed by atoms with van der Waals surface area (Å²) in [4.78, 5) is 0. The van der Waals surface area contributed by atoms with Crippen molar-refractivity contribution in [1.29, 1.82) is 0 Å². The van der Waals surface area contributed by atoms with E-state index < -0.39 is 0 Å². The van der Waals surface area contributed by atoms with Gasteiger partial charge in [0.05, 0.1) is 32.9 Å². The van der Waals surface area contributed by atoms with Gasteiger partial charge in [-0.3, -0.25) is 0 Å². The Morgan fingerprint density at radius 3 is 2.35 bits per heavy atom. The van der Waals surface area contributed by atoms with Gasteiger partial charge in [-0.15, -0.1) is 10.2 Å². The molecular weight excluding hydrogens is 358 g/mol. The van der Waals surface area contributed by atoms with Crippen LogP contribution in [0.25, 0.3) is 11.5 Å². The second kappa shape index (κ2) is 7.97. The van der Waals surface area contributed by atoms with Gasteiger partial charge in [0.1, 0.15) is 5.75 Å². The Labute approximate surface area is 155 Å². The number of nitrogens with one attached hydrogen (secondary N) is 1. The summed E-state index contributed by atoms with van der Waals surface area (Å²) in [7, 11) is 4.73. The Kier molecular flexibility index (Phi) is 5.48. The Hall–Kier alpha value is -2.93. The average Bonchev–Trinajstić information content (AvgIpc) is 3.15. The maximum Gasteiger partial charge on any atom is 0.247 e. The number of benzene rings is 2. The Morgan fingerprint density at radius 2 is 1.65 bits per heavy atom. The second-order valence-electron chi connectivity index (χ2n) is 5.27. The van der Waals surface area contributed by atoms with Crippen molar-refractivity contribution < 1.29 is 18.6 Å². The fraction of sp³-hybridized carbons (Fsp3) is 0.222. The van der Waals surface area contributed by atoms with Crippen molar-refractivity contribution in [2.45, 2.75) is 6.54 Å². The summed E-state index contributed by atoms with van der Waals surface area (Å²) in [5.41, 5.74) is 1.57. The molecule has 0 saturated heterocycles. The molecule has 1 N–H and O–H groups in total. The van der Waals surface area contributed by atoms with Crippen molar-refractivity contribution in [3.63, 3.8) is 0 Å². The highest BCUT2D eigenvalue weighted by molar-refractivity contribution is 6.32. The molecule has 0 saturated carbocycles. The van der Waals surface area contributed by atoms with Gasteiger partial charge in [-0.2, -0.15) is 0 Å². The first kappa shape index (κ1) is 17.9. The molecule has 3 aromatic rings. The molecule has 0 atom stereocenters. The minimum Gasteiger partial charge on any atom is -0.495 e. The normalized spacial score (nSPS) is 10.5. The first-order chi connectivity index (χ1) is 12.6. The highest BCUT2D eigenvalue weighted by Crippen LogP contribution is 2.32. The molecule has 0 aliphatic heterocycles. The molecule has 0 fully saturated rings. The van der Waals surface area contributed by atoms with Crippen LogP contribution in [-0.4, -0.2) is 31.5 Å². The number of anilines is 1. The standard InChI is InChI=1S/C18H18ClN3O4/c1-23-14-7-5-12(9-13(14)19)20-10-17-21-22-18(26-17)11-4-6-15(24-2)16(8-11)25-3/h4-9,20H,10H2,1-3H3. The van der Waals surface area contributed by atoms with E-state index in [4.69, 9.17) is 30.2 Å². The van der Waals surface area contributed by atoms with Crippen molar-refractivity contribution in [2.75, 3.05) is 26.6 Å². The van der Waals surface area contributed by atoms with E-state index in [0.29, 0.717) is 40.6 Å². The van der Waals surface area contributed by atoms with Gasteiger partial charge in [-0.1, -0.05) is 11.6 Å². The van der Waals surface area contributed by atoms with Gasteiger partial charge in [0.25, 0.3) is 0 Å². The number of methoxy groups -OCH3 is 3. The van der Waals surface area contributed by atoms with Crippen LogP contribution in [0.5, 0.6) is 17.2 Å². The van der Waals surface area contributed by atoms with Crippen LogP contribution in [0.1, 0.15) is 5.89 Å². The first-order valence-electron chi connectivity index (χ1n) is 7.76. The second-order valence-corrected chi connectivity index (χ2v) is 5.68. The molecule has 2 aromatic carbocycles. The number of aromatic nitrogens is 2. The van der Waals surface area contributed by atoms with E-state index in [2.05, 4.69) is 15.5 Å². The minimum absolute atomic E-state index is 0.364. The van der Waals surface area contributed by atoms with E-state index in [1.54, 1.807) is 45.6 Å². The van der Waals surface area contributed by atoms with Crippen LogP contribution in [0.2, 0.25) is 5.02 Å². The van der Waals surface area contributed by atoms with E-state index in [1.165, 1.54) is 0 Å². The molecule has 1 aromatic heterocycles.